The van der Waals surface area contributed by atoms with Gasteiger partial charge in [-0.3, -0.25) is 0 Å². The van der Waals surface area contributed by atoms with Gasteiger partial charge in [-0.15, -0.1) is 11.3 Å². The van der Waals surface area contributed by atoms with E-state index in [9.17, 15) is 0 Å². The molecule has 162 valence electrons. The van der Waals surface area contributed by atoms with E-state index in [2.05, 4.69) is 85.6 Å². The average molecular weight is 425 g/mol. The molecule has 1 aliphatic heterocycles. The molecular formula is C25H36N4S. The SMILES string of the molecule is C=C(NCc1ccc(-c2scnc2C)cc1)C1CCCN1C(=C)C(NC)C(C)(C)C. The van der Waals surface area contributed by atoms with Crippen LogP contribution in [-0.2, 0) is 6.54 Å². The van der Waals surface area contributed by atoms with Crippen molar-refractivity contribution in [2.45, 2.75) is 59.2 Å². The Kier molecular flexibility index (Phi) is 7.04. The van der Waals surface area contributed by atoms with Crippen LogP contribution in [0.25, 0.3) is 10.4 Å². The molecule has 0 saturated carbocycles. The van der Waals surface area contributed by atoms with Crippen LogP contribution in [0.2, 0.25) is 0 Å². The van der Waals surface area contributed by atoms with Crippen molar-refractivity contribution in [3.05, 3.63) is 65.6 Å². The van der Waals surface area contributed by atoms with Crippen LogP contribution in [0.3, 0.4) is 0 Å². The number of nitrogens with zero attached hydrogens (tertiary/aromatic N) is 2. The van der Waals surface area contributed by atoms with E-state index in [4.69, 9.17) is 0 Å². The van der Waals surface area contributed by atoms with Gasteiger partial charge in [-0.2, -0.15) is 0 Å². The molecule has 1 saturated heterocycles. The normalized spacial score (nSPS) is 17.8. The number of rotatable bonds is 8. The summed E-state index contributed by atoms with van der Waals surface area (Å²) in [6.07, 6.45) is 2.29. The lowest BCUT2D eigenvalue weighted by Gasteiger charge is -2.39. The Morgan fingerprint density at radius 3 is 2.53 bits per heavy atom. The van der Waals surface area contributed by atoms with E-state index >= 15 is 0 Å². The summed E-state index contributed by atoms with van der Waals surface area (Å²) >= 11 is 1.69. The number of aromatic nitrogens is 1. The number of likely N-dealkylation sites (N-methyl/N-ethyl adjacent to an activating group) is 1. The van der Waals surface area contributed by atoms with Crippen LogP contribution in [0.5, 0.6) is 0 Å². The Morgan fingerprint density at radius 1 is 1.27 bits per heavy atom. The molecule has 1 aromatic heterocycles. The largest absolute Gasteiger partial charge is 0.383 e. The Morgan fingerprint density at radius 2 is 1.97 bits per heavy atom. The molecule has 0 bridgehead atoms. The molecule has 0 spiro atoms. The van der Waals surface area contributed by atoms with Crippen molar-refractivity contribution in [2.75, 3.05) is 13.6 Å². The van der Waals surface area contributed by atoms with Gasteiger partial charge in [0, 0.05) is 24.5 Å². The number of benzene rings is 1. The van der Waals surface area contributed by atoms with Crippen molar-refractivity contribution in [1.29, 1.82) is 0 Å². The zero-order valence-electron chi connectivity index (χ0n) is 19.1. The lowest BCUT2D eigenvalue weighted by Crippen LogP contribution is -2.47. The second-order valence-electron chi connectivity index (χ2n) is 9.27. The van der Waals surface area contributed by atoms with E-state index in [1.165, 1.54) is 28.1 Å². The molecule has 1 aromatic carbocycles. The van der Waals surface area contributed by atoms with Gasteiger partial charge in [-0.05, 0) is 43.4 Å². The minimum absolute atomic E-state index is 0.117. The third kappa shape index (κ3) is 4.96. The second kappa shape index (κ2) is 9.36. The monoisotopic (exact) mass is 424 g/mol. The van der Waals surface area contributed by atoms with Gasteiger partial charge in [0.15, 0.2) is 0 Å². The average Bonchev–Trinajstić information content (AvgIpc) is 3.35. The third-order valence-electron chi connectivity index (χ3n) is 5.99. The van der Waals surface area contributed by atoms with Crippen molar-refractivity contribution >= 4 is 11.3 Å². The maximum absolute atomic E-state index is 4.46. The fraction of sp³-hybridized carbons (Fsp3) is 0.480. The van der Waals surface area contributed by atoms with Crippen molar-refractivity contribution in [3.63, 3.8) is 0 Å². The van der Waals surface area contributed by atoms with E-state index in [1.54, 1.807) is 11.3 Å². The standard InChI is InChI=1S/C25H36N4S/c1-17(22-9-8-14-29(22)19(3)24(26-7)25(4,5)6)27-15-20-10-12-21(13-11-20)23-18(2)28-16-30-23/h10-13,16,22,24,26-27H,1,3,8-9,14-15H2,2,4-7H3. The Balaban J connectivity index is 1.61. The zero-order chi connectivity index (χ0) is 21.9. The fourth-order valence-electron chi connectivity index (χ4n) is 4.42. The molecule has 2 atom stereocenters. The smallest absolute Gasteiger partial charge is 0.0801 e. The fourth-order valence-corrected chi connectivity index (χ4v) is 5.24. The highest BCUT2D eigenvalue weighted by molar-refractivity contribution is 7.13. The van der Waals surface area contributed by atoms with Gasteiger partial charge in [-0.1, -0.05) is 58.2 Å². The second-order valence-corrected chi connectivity index (χ2v) is 10.1. The van der Waals surface area contributed by atoms with E-state index in [0.29, 0.717) is 6.04 Å². The predicted octanol–water partition coefficient (Wildman–Crippen LogP) is 5.33. The van der Waals surface area contributed by atoms with E-state index in [0.717, 1.165) is 30.9 Å². The minimum atomic E-state index is 0.117. The van der Waals surface area contributed by atoms with Crippen LogP contribution in [0.1, 0.15) is 44.9 Å². The molecule has 30 heavy (non-hydrogen) atoms. The van der Waals surface area contributed by atoms with Crippen molar-refractivity contribution < 1.29 is 0 Å². The first-order valence-electron chi connectivity index (χ1n) is 10.8. The van der Waals surface area contributed by atoms with E-state index in [-0.39, 0.29) is 11.5 Å². The Labute approximate surface area is 186 Å². The topological polar surface area (TPSA) is 40.2 Å². The summed E-state index contributed by atoms with van der Waals surface area (Å²) in [6.45, 7) is 19.5. The van der Waals surface area contributed by atoms with Gasteiger partial charge >= 0.3 is 0 Å². The van der Waals surface area contributed by atoms with Gasteiger partial charge in [0.1, 0.15) is 0 Å². The maximum atomic E-state index is 4.46. The van der Waals surface area contributed by atoms with Crippen molar-refractivity contribution in [3.8, 4) is 10.4 Å². The number of hydrogen-bond donors (Lipinski definition) is 2. The molecule has 0 radical (unpaired) electrons. The van der Waals surface area contributed by atoms with Crippen molar-refractivity contribution in [2.24, 2.45) is 5.41 Å². The Bertz CT molecular complexity index is 875. The zero-order valence-corrected chi connectivity index (χ0v) is 19.9. The molecule has 1 fully saturated rings. The van der Waals surface area contributed by atoms with Gasteiger partial charge < -0.3 is 15.5 Å². The molecule has 4 nitrogen and oxygen atoms in total. The highest BCUT2D eigenvalue weighted by Gasteiger charge is 2.34. The van der Waals surface area contributed by atoms with Crippen LogP contribution in [-0.4, -0.2) is 35.6 Å². The van der Waals surface area contributed by atoms with E-state index in [1.807, 2.05) is 12.6 Å². The molecule has 2 unspecified atom stereocenters. The molecule has 0 amide bonds. The molecule has 2 aromatic rings. The first kappa shape index (κ1) is 22.6. The summed E-state index contributed by atoms with van der Waals surface area (Å²) in [5.74, 6) is 0. The highest BCUT2D eigenvalue weighted by atomic mass is 32.1. The van der Waals surface area contributed by atoms with Crippen LogP contribution in [0, 0.1) is 12.3 Å². The molecule has 2 heterocycles. The van der Waals surface area contributed by atoms with E-state index < -0.39 is 0 Å². The van der Waals surface area contributed by atoms with Crippen LogP contribution < -0.4 is 10.6 Å². The summed E-state index contributed by atoms with van der Waals surface area (Å²) in [5, 5.41) is 7.04. The van der Waals surface area contributed by atoms with Gasteiger partial charge in [0.05, 0.1) is 28.2 Å². The number of nitrogens with one attached hydrogen (secondary N) is 2. The minimum Gasteiger partial charge on any atom is -0.383 e. The van der Waals surface area contributed by atoms with Crippen LogP contribution in [0.15, 0.2) is 54.3 Å². The molecule has 2 N–H and O–H groups in total. The third-order valence-corrected chi connectivity index (χ3v) is 6.97. The molecule has 3 rings (SSSR count). The lowest BCUT2D eigenvalue weighted by molar-refractivity contribution is 0.236. The van der Waals surface area contributed by atoms with Crippen LogP contribution in [0.4, 0.5) is 0 Å². The molecule has 5 heteroatoms. The van der Waals surface area contributed by atoms with Gasteiger partial charge in [-0.25, -0.2) is 4.98 Å². The maximum Gasteiger partial charge on any atom is 0.0801 e. The highest BCUT2D eigenvalue weighted by Crippen LogP contribution is 2.32. The summed E-state index contributed by atoms with van der Waals surface area (Å²) in [4.78, 5) is 8.04. The van der Waals surface area contributed by atoms with Crippen molar-refractivity contribution in [1.82, 2.24) is 20.5 Å². The quantitative estimate of drug-likeness (QED) is 0.600. The first-order valence-corrected chi connectivity index (χ1v) is 11.6. The summed E-state index contributed by atoms with van der Waals surface area (Å²) in [5.41, 5.74) is 7.86. The molecular weight excluding hydrogens is 388 g/mol. The summed E-state index contributed by atoms with van der Waals surface area (Å²) < 4.78 is 0. The number of hydrogen-bond acceptors (Lipinski definition) is 5. The number of thiazole rings is 1. The summed E-state index contributed by atoms with van der Waals surface area (Å²) in [7, 11) is 2.02. The van der Waals surface area contributed by atoms with Crippen LogP contribution >= 0.6 is 11.3 Å². The van der Waals surface area contributed by atoms with Gasteiger partial charge in [0.25, 0.3) is 0 Å². The first-order chi connectivity index (χ1) is 14.2. The molecule has 0 aliphatic carbocycles. The summed E-state index contributed by atoms with van der Waals surface area (Å²) in [6, 6.07) is 9.30. The van der Waals surface area contributed by atoms with Gasteiger partial charge in [0.2, 0.25) is 0 Å². The molecule has 1 aliphatic rings. The number of likely N-dealkylation sites (tertiary alicyclic amines) is 1. The Hall–Kier alpha value is -2.11. The predicted molar refractivity (Wildman–Crippen MR) is 129 cm³/mol. The lowest BCUT2D eigenvalue weighted by atomic mass is 9.84. The number of aryl methyl sites for hydroxylation is 1.